The number of ether oxygens (including phenoxy) is 3. The van der Waals surface area contributed by atoms with E-state index in [1.807, 2.05) is 37.3 Å². The molecule has 0 radical (unpaired) electrons. The smallest absolute Gasteiger partial charge is 0.229 e. The molecule has 5 N–H and O–H groups in total. The first-order valence-electron chi connectivity index (χ1n) is 13.1. The second-order valence-corrected chi connectivity index (χ2v) is 9.96. The SMILES string of the molecule is CCCC(=O)c1c(C)cc2cc(OC)cc(OC3OC(C(O)CCc4ccccc4)C(O)C(O)C3O)c2c1O. The third-order valence-corrected chi connectivity index (χ3v) is 7.14. The van der Waals surface area contributed by atoms with Gasteiger partial charge >= 0.3 is 0 Å². The maximum atomic E-state index is 12.8. The average molecular weight is 541 g/mol. The summed E-state index contributed by atoms with van der Waals surface area (Å²) in [5, 5.41) is 54.7. The van der Waals surface area contributed by atoms with Crippen molar-refractivity contribution < 1.29 is 44.5 Å². The van der Waals surface area contributed by atoms with Gasteiger partial charge in [-0.1, -0.05) is 43.3 Å². The fourth-order valence-corrected chi connectivity index (χ4v) is 5.05. The molecule has 6 unspecified atom stereocenters. The molecule has 4 rings (SSSR count). The van der Waals surface area contributed by atoms with Crippen LogP contribution in [0.25, 0.3) is 10.8 Å². The second-order valence-electron chi connectivity index (χ2n) is 9.96. The minimum absolute atomic E-state index is 0.0394. The number of Topliss-reactive ketones (excluding diaryl/α,β-unsaturated/α-hetero) is 1. The number of hydrogen-bond acceptors (Lipinski definition) is 9. The molecule has 0 saturated carbocycles. The number of benzene rings is 3. The van der Waals surface area contributed by atoms with Crippen LogP contribution in [0.3, 0.4) is 0 Å². The van der Waals surface area contributed by atoms with Crippen LogP contribution in [0.4, 0.5) is 0 Å². The largest absolute Gasteiger partial charge is 0.506 e. The molecule has 0 amide bonds. The molecular weight excluding hydrogens is 504 g/mol. The van der Waals surface area contributed by atoms with Crippen LogP contribution in [0, 0.1) is 6.92 Å². The van der Waals surface area contributed by atoms with E-state index in [0.717, 1.165) is 5.56 Å². The van der Waals surface area contributed by atoms with Gasteiger partial charge in [-0.25, -0.2) is 0 Å². The zero-order valence-corrected chi connectivity index (χ0v) is 22.3. The molecule has 1 aliphatic heterocycles. The number of phenols is 1. The maximum Gasteiger partial charge on any atom is 0.229 e. The molecule has 0 aromatic heterocycles. The number of fused-ring (bicyclic) bond motifs is 1. The highest BCUT2D eigenvalue weighted by molar-refractivity contribution is 6.08. The third kappa shape index (κ3) is 6.03. The van der Waals surface area contributed by atoms with Crippen LogP contribution in [0.1, 0.15) is 47.7 Å². The van der Waals surface area contributed by atoms with Gasteiger partial charge in [-0.3, -0.25) is 4.79 Å². The number of hydrogen-bond donors (Lipinski definition) is 5. The molecule has 9 heteroatoms. The topological polar surface area (TPSA) is 146 Å². The molecule has 39 heavy (non-hydrogen) atoms. The molecule has 1 saturated heterocycles. The summed E-state index contributed by atoms with van der Waals surface area (Å²) in [4.78, 5) is 12.8. The summed E-state index contributed by atoms with van der Waals surface area (Å²) >= 11 is 0. The van der Waals surface area contributed by atoms with E-state index in [0.29, 0.717) is 29.5 Å². The van der Waals surface area contributed by atoms with Crippen LogP contribution in [-0.4, -0.2) is 75.2 Å². The quantitative estimate of drug-likeness (QED) is 0.245. The van der Waals surface area contributed by atoms with E-state index in [4.69, 9.17) is 14.2 Å². The number of aliphatic hydroxyl groups excluding tert-OH is 4. The average Bonchev–Trinajstić information content (AvgIpc) is 2.92. The van der Waals surface area contributed by atoms with Crippen molar-refractivity contribution in [1.29, 1.82) is 0 Å². The molecule has 6 atom stereocenters. The minimum Gasteiger partial charge on any atom is -0.506 e. The molecule has 1 aliphatic rings. The van der Waals surface area contributed by atoms with Crippen molar-refractivity contribution in [3.05, 3.63) is 65.2 Å². The number of rotatable bonds is 10. The van der Waals surface area contributed by atoms with Crippen LogP contribution in [-0.2, 0) is 11.2 Å². The fourth-order valence-electron chi connectivity index (χ4n) is 5.05. The summed E-state index contributed by atoms with van der Waals surface area (Å²) in [5.41, 5.74) is 1.75. The van der Waals surface area contributed by atoms with Crippen molar-refractivity contribution in [2.75, 3.05) is 7.11 Å². The number of aryl methyl sites for hydroxylation is 2. The van der Waals surface area contributed by atoms with E-state index in [9.17, 15) is 30.3 Å². The van der Waals surface area contributed by atoms with Gasteiger partial charge in [0.1, 0.15) is 41.7 Å². The number of phenolic OH excluding ortho intramolecular Hbond substituents is 1. The Kier molecular flexibility index (Phi) is 9.09. The number of ketones is 1. The summed E-state index contributed by atoms with van der Waals surface area (Å²) in [5.74, 6) is -0.0662. The van der Waals surface area contributed by atoms with Crippen LogP contribution >= 0.6 is 0 Å². The Labute approximate surface area is 227 Å². The van der Waals surface area contributed by atoms with Gasteiger partial charge in [0.25, 0.3) is 0 Å². The van der Waals surface area contributed by atoms with Crippen LogP contribution in [0.15, 0.2) is 48.5 Å². The predicted octanol–water partition coefficient (Wildman–Crippen LogP) is 3.03. The third-order valence-electron chi connectivity index (χ3n) is 7.14. The predicted molar refractivity (Wildman–Crippen MR) is 144 cm³/mol. The van der Waals surface area contributed by atoms with Crippen LogP contribution < -0.4 is 9.47 Å². The van der Waals surface area contributed by atoms with Crippen molar-refractivity contribution in [3.8, 4) is 17.2 Å². The van der Waals surface area contributed by atoms with Gasteiger partial charge in [0.2, 0.25) is 6.29 Å². The van der Waals surface area contributed by atoms with Gasteiger partial charge in [0.05, 0.1) is 24.2 Å². The molecule has 0 aliphatic carbocycles. The fraction of sp³-hybridized carbons (Fsp3) is 0.433. The summed E-state index contributed by atoms with van der Waals surface area (Å²) < 4.78 is 17.2. The summed E-state index contributed by atoms with van der Waals surface area (Å²) in [6, 6.07) is 14.4. The Morgan fingerprint density at radius 3 is 2.44 bits per heavy atom. The van der Waals surface area contributed by atoms with E-state index >= 15 is 0 Å². The van der Waals surface area contributed by atoms with E-state index in [2.05, 4.69) is 0 Å². The molecule has 3 aromatic rings. The van der Waals surface area contributed by atoms with Gasteiger partial charge in [0, 0.05) is 12.5 Å². The lowest BCUT2D eigenvalue weighted by molar-refractivity contribution is -0.288. The lowest BCUT2D eigenvalue weighted by Crippen LogP contribution is -2.62. The highest BCUT2D eigenvalue weighted by Crippen LogP contribution is 2.42. The van der Waals surface area contributed by atoms with E-state index in [-0.39, 0.29) is 41.1 Å². The minimum atomic E-state index is -1.67. The van der Waals surface area contributed by atoms with E-state index in [1.165, 1.54) is 13.2 Å². The van der Waals surface area contributed by atoms with Crippen molar-refractivity contribution in [1.82, 2.24) is 0 Å². The number of aliphatic hydroxyl groups is 4. The summed E-state index contributed by atoms with van der Waals surface area (Å²) in [6.45, 7) is 3.60. The Hall–Kier alpha value is -3.21. The summed E-state index contributed by atoms with van der Waals surface area (Å²) in [6.07, 6.45) is -7.26. The zero-order chi connectivity index (χ0) is 28.3. The molecular formula is C30H36O9. The molecule has 9 nitrogen and oxygen atoms in total. The highest BCUT2D eigenvalue weighted by Gasteiger charge is 2.47. The van der Waals surface area contributed by atoms with E-state index in [1.54, 1.807) is 19.1 Å². The normalized spacial score (nSPS) is 23.9. The van der Waals surface area contributed by atoms with Crippen molar-refractivity contribution in [2.45, 2.75) is 76.3 Å². The molecule has 210 valence electrons. The van der Waals surface area contributed by atoms with Crippen LogP contribution in [0.2, 0.25) is 0 Å². The highest BCUT2D eigenvalue weighted by atomic mass is 16.7. The maximum absolute atomic E-state index is 12.8. The van der Waals surface area contributed by atoms with Crippen molar-refractivity contribution in [2.24, 2.45) is 0 Å². The molecule has 1 fully saturated rings. The van der Waals surface area contributed by atoms with Gasteiger partial charge in [-0.05, 0) is 48.8 Å². The molecule has 1 heterocycles. The van der Waals surface area contributed by atoms with Gasteiger partial charge in [0.15, 0.2) is 5.78 Å². The van der Waals surface area contributed by atoms with Gasteiger partial charge < -0.3 is 39.7 Å². The zero-order valence-electron chi connectivity index (χ0n) is 22.3. The standard InChI is InChI=1S/C30H36O9/c1-4-8-20(31)23-16(2)13-18-14-19(37-3)15-22(24(18)25(23)33)38-30-28(36)26(34)27(35)29(39-30)21(32)12-11-17-9-6-5-7-10-17/h5-7,9-10,13-15,21,26-30,32-36H,4,8,11-12H2,1-3H3. The number of carbonyl (C=O) groups is 1. The number of carbonyl (C=O) groups excluding carboxylic acids is 1. The molecule has 3 aromatic carbocycles. The monoisotopic (exact) mass is 540 g/mol. The van der Waals surface area contributed by atoms with Crippen molar-refractivity contribution in [3.63, 3.8) is 0 Å². The Morgan fingerprint density at radius 2 is 1.77 bits per heavy atom. The van der Waals surface area contributed by atoms with E-state index < -0.39 is 36.8 Å². The number of aromatic hydroxyl groups is 1. The second kappa shape index (κ2) is 12.3. The van der Waals surface area contributed by atoms with Gasteiger partial charge in [-0.15, -0.1) is 0 Å². The van der Waals surface area contributed by atoms with Crippen molar-refractivity contribution >= 4 is 16.6 Å². The first-order chi connectivity index (χ1) is 18.7. The Morgan fingerprint density at radius 1 is 1.05 bits per heavy atom. The lowest BCUT2D eigenvalue weighted by Gasteiger charge is -2.42. The molecule has 0 spiro atoms. The molecule has 0 bridgehead atoms. The first kappa shape index (κ1) is 28.8. The lowest BCUT2D eigenvalue weighted by atomic mass is 9.92. The van der Waals surface area contributed by atoms with Gasteiger partial charge in [-0.2, -0.15) is 0 Å². The Bertz CT molecular complexity index is 1290. The number of methoxy groups -OCH3 is 1. The summed E-state index contributed by atoms with van der Waals surface area (Å²) in [7, 11) is 1.46. The van der Waals surface area contributed by atoms with Crippen LogP contribution in [0.5, 0.6) is 17.2 Å². The first-order valence-corrected chi connectivity index (χ1v) is 13.1. The Balaban J connectivity index is 1.66.